The lowest BCUT2D eigenvalue weighted by Gasteiger charge is -2.43. The third-order valence-corrected chi connectivity index (χ3v) is 7.57. The van der Waals surface area contributed by atoms with Gasteiger partial charge in [-0.25, -0.2) is 4.98 Å². The van der Waals surface area contributed by atoms with Gasteiger partial charge < -0.3 is 14.6 Å². The lowest BCUT2D eigenvalue weighted by Crippen LogP contribution is -2.50. The number of aliphatic hydroxyl groups is 1. The first-order valence-corrected chi connectivity index (χ1v) is 10.7. The van der Waals surface area contributed by atoms with Crippen LogP contribution in [0.15, 0.2) is 43.0 Å². The number of hydrogen-bond acceptors (Lipinski definition) is 3. The number of aromatic nitrogens is 2. The molecule has 2 saturated carbocycles. The van der Waals surface area contributed by atoms with Gasteiger partial charge in [0.2, 0.25) is 5.91 Å². The summed E-state index contributed by atoms with van der Waals surface area (Å²) in [5, 5.41) is 11.4. The summed E-state index contributed by atoms with van der Waals surface area (Å²) in [6.07, 6.45) is 9.68. The number of benzene rings is 1. The Morgan fingerprint density at radius 1 is 1.14 bits per heavy atom. The standard InChI is InChI=1S/C22H26ClN3O2/c23-18-4-2-17(3-5-18)22(6-1-7-22)21(28)26-12-15-10-19(25-9-8-24-14-25)20(27)11-16(15)13-26/h2-5,8-9,14-16,19-20,27H,1,6-7,10-13H2/t15-,16+,19-,20-/m1/s1. The van der Waals surface area contributed by atoms with Crippen LogP contribution in [0, 0.1) is 11.8 Å². The summed E-state index contributed by atoms with van der Waals surface area (Å²) < 4.78 is 2.02. The molecule has 28 heavy (non-hydrogen) atoms. The molecule has 3 fully saturated rings. The quantitative estimate of drug-likeness (QED) is 0.860. The topological polar surface area (TPSA) is 58.4 Å². The maximum Gasteiger partial charge on any atom is 0.233 e. The van der Waals surface area contributed by atoms with Crippen LogP contribution < -0.4 is 0 Å². The Labute approximate surface area is 170 Å². The average molecular weight is 400 g/mol. The highest BCUT2D eigenvalue weighted by molar-refractivity contribution is 6.30. The van der Waals surface area contributed by atoms with Gasteiger partial charge in [0.1, 0.15) is 0 Å². The second kappa shape index (κ2) is 6.89. The van der Waals surface area contributed by atoms with Crippen molar-refractivity contribution in [3.63, 3.8) is 0 Å². The van der Waals surface area contributed by atoms with Crippen LogP contribution in [0.1, 0.15) is 43.7 Å². The van der Waals surface area contributed by atoms with E-state index in [1.54, 1.807) is 12.5 Å². The molecule has 1 N–H and O–H groups in total. The zero-order chi connectivity index (χ0) is 19.3. The minimum absolute atomic E-state index is 0.0627. The highest BCUT2D eigenvalue weighted by Gasteiger charge is 2.51. The van der Waals surface area contributed by atoms with E-state index < -0.39 is 0 Å². The van der Waals surface area contributed by atoms with Gasteiger partial charge in [0, 0.05) is 30.5 Å². The van der Waals surface area contributed by atoms with Crippen molar-refractivity contribution in [3.05, 3.63) is 53.6 Å². The van der Waals surface area contributed by atoms with Crippen molar-refractivity contribution < 1.29 is 9.90 Å². The van der Waals surface area contributed by atoms with Crippen LogP contribution in [0.2, 0.25) is 5.02 Å². The zero-order valence-electron chi connectivity index (χ0n) is 15.9. The number of imidazole rings is 1. The molecule has 1 aliphatic heterocycles. The van der Waals surface area contributed by atoms with E-state index in [-0.39, 0.29) is 23.5 Å². The Bertz CT molecular complexity index is 847. The summed E-state index contributed by atoms with van der Waals surface area (Å²) >= 11 is 6.06. The van der Waals surface area contributed by atoms with Crippen molar-refractivity contribution >= 4 is 17.5 Å². The number of carbonyl (C=O) groups excluding carboxylic acids is 1. The lowest BCUT2D eigenvalue weighted by molar-refractivity contribution is -0.140. The predicted octanol–water partition coefficient (Wildman–Crippen LogP) is 3.43. The van der Waals surface area contributed by atoms with Crippen LogP contribution in [0.4, 0.5) is 0 Å². The number of likely N-dealkylation sites (tertiary alicyclic amines) is 1. The molecular formula is C22H26ClN3O2. The average Bonchev–Trinajstić information content (AvgIpc) is 3.30. The Hall–Kier alpha value is -1.85. The van der Waals surface area contributed by atoms with Crippen molar-refractivity contribution in [2.75, 3.05) is 13.1 Å². The number of nitrogens with zero attached hydrogens (tertiary/aromatic N) is 3. The molecule has 1 aromatic carbocycles. The van der Waals surface area contributed by atoms with Crippen LogP contribution in [0.5, 0.6) is 0 Å². The third-order valence-electron chi connectivity index (χ3n) is 7.32. The van der Waals surface area contributed by atoms with Crippen LogP contribution in [-0.2, 0) is 10.2 Å². The minimum Gasteiger partial charge on any atom is -0.391 e. The van der Waals surface area contributed by atoms with E-state index in [2.05, 4.69) is 9.88 Å². The van der Waals surface area contributed by atoms with Gasteiger partial charge in [-0.3, -0.25) is 4.79 Å². The van der Waals surface area contributed by atoms with Gasteiger partial charge in [-0.2, -0.15) is 0 Å². The van der Waals surface area contributed by atoms with Crippen LogP contribution in [0.3, 0.4) is 0 Å². The van der Waals surface area contributed by atoms with Gasteiger partial charge in [0.15, 0.2) is 0 Å². The van der Waals surface area contributed by atoms with Gasteiger partial charge in [-0.05, 0) is 55.2 Å². The van der Waals surface area contributed by atoms with Crippen LogP contribution in [-0.4, -0.2) is 44.7 Å². The highest BCUT2D eigenvalue weighted by Crippen LogP contribution is 2.48. The molecule has 4 atom stereocenters. The van der Waals surface area contributed by atoms with E-state index in [0.717, 1.165) is 50.8 Å². The maximum atomic E-state index is 13.6. The normalized spacial score (nSPS) is 31.3. The molecule has 1 saturated heterocycles. The fourth-order valence-electron chi connectivity index (χ4n) is 5.59. The molecule has 5 nitrogen and oxygen atoms in total. The Kier molecular flexibility index (Phi) is 4.48. The molecule has 2 aromatic rings. The van der Waals surface area contributed by atoms with Gasteiger partial charge in [0.05, 0.1) is 23.9 Å². The van der Waals surface area contributed by atoms with Crippen molar-refractivity contribution in [2.45, 2.75) is 49.7 Å². The molecular weight excluding hydrogens is 374 g/mol. The molecule has 1 aromatic heterocycles. The number of carbonyl (C=O) groups is 1. The highest BCUT2D eigenvalue weighted by atomic mass is 35.5. The molecule has 148 valence electrons. The molecule has 0 bridgehead atoms. The van der Waals surface area contributed by atoms with Crippen molar-refractivity contribution in [3.8, 4) is 0 Å². The second-order valence-electron chi connectivity index (χ2n) is 8.79. The fourth-order valence-corrected chi connectivity index (χ4v) is 5.71. The number of hydrogen-bond donors (Lipinski definition) is 1. The lowest BCUT2D eigenvalue weighted by atomic mass is 9.63. The zero-order valence-corrected chi connectivity index (χ0v) is 16.6. The third kappa shape index (κ3) is 2.87. The van der Waals surface area contributed by atoms with E-state index in [1.165, 1.54) is 0 Å². The molecule has 0 spiro atoms. The van der Waals surface area contributed by atoms with E-state index in [1.807, 2.05) is 35.0 Å². The van der Waals surface area contributed by atoms with Crippen LogP contribution >= 0.6 is 11.6 Å². The van der Waals surface area contributed by atoms with Gasteiger partial charge in [-0.1, -0.05) is 30.2 Å². The Morgan fingerprint density at radius 3 is 2.46 bits per heavy atom. The molecule has 2 aliphatic carbocycles. The number of fused-ring (bicyclic) bond motifs is 1. The Balaban J connectivity index is 1.34. The summed E-state index contributed by atoms with van der Waals surface area (Å²) in [5.74, 6) is 1.10. The van der Waals surface area contributed by atoms with Crippen LogP contribution in [0.25, 0.3) is 0 Å². The first kappa shape index (κ1) is 18.2. The molecule has 3 aliphatic rings. The van der Waals surface area contributed by atoms with Gasteiger partial charge in [0.25, 0.3) is 0 Å². The van der Waals surface area contributed by atoms with E-state index >= 15 is 0 Å². The monoisotopic (exact) mass is 399 g/mol. The summed E-state index contributed by atoms with van der Waals surface area (Å²) in [5.41, 5.74) is 0.722. The van der Waals surface area contributed by atoms with Gasteiger partial charge in [-0.15, -0.1) is 0 Å². The molecule has 0 radical (unpaired) electrons. The van der Waals surface area contributed by atoms with E-state index in [4.69, 9.17) is 11.6 Å². The molecule has 6 heteroatoms. The molecule has 0 unspecified atom stereocenters. The number of amides is 1. The first-order chi connectivity index (χ1) is 13.6. The molecule has 5 rings (SSSR count). The molecule has 1 amide bonds. The summed E-state index contributed by atoms with van der Waals surface area (Å²) in [7, 11) is 0. The summed E-state index contributed by atoms with van der Waals surface area (Å²) in [6.45, 7) is 1.57. The minimum atomic E-state index is -0.376. The van der Waals surface area contributed by atoms with Crippen molar-refractivity contribution in [2.24, 2.45) is 11.8 Å². The maximum absolute atomic E-state index is 13.6. The number of halogens is 1. The Morgan fingerprint density at radius 2 is 1.86 bits per heavy atom. The summed E-state index contributed by atoms with van der Waals surface area (Å²) in [6, 6.07) is 7.87. The SMILES string of the molecule is O=C(N1C[C@H]2C[C@@H](n3ccnc3)[C@H](O)C[C@H]2C1)C1(c2ccc(Cl)cc2)CCC1. The number of aliphatic hydroxyl groups excluding tert-OH is 1. The van der Waals surface area contributed by atoms with E-state index in [0.29, 0.717) is 16.9 Å². The van der Waals surface area contributed by atoms with E-state index in [9.17, 15) is 9.90 Å². The van der Waals surface area contributed by atoms with Gasteiger partial charge >= 0.3 is 0 Å². The van der Waals surface area contributed by atoms with Crippen molar-refractivity contribution in [1.82, 2.24) is 14.5 Å². The fraction of sp³-hybridized carbons (Fsp3) is 0.545. The summed E-state index contributed by atoms with van der Waals surface area (Å²) in [4.78, 5) is 19.8. The smallest absolute Gasteiger partial charge is 0.233 e. The van der Waals surface area contributed by atoms with Crippen molar-refractivity contribution in [1.29, 1.82) is 0 Å². The predicted molar refractivity (Wildman–Crippen MR) is 107 cm³/mol. The number of rotatable bonds is 3. The molecule has 2 heterocycles. The largest absolute Gasteiger partial charge is 0.391 e. The second-order valence-corrected chi connectivity index (χ2v) is 9.23. The first-order valence-electron chi connectivity index (χ1n) is 10.3.